The molecule has 1 N–H and O–H groups in total. The van der Waals surface area contributed by atoms with Crippen molar-refractivity contribution in [2.24, 2.45) is 11.3 Å². The van der Waals surface area contributed by atoms with E-state index in [1.807, 2.05) is 0 Å². The average Bonchev–Trinajstić information content (AvgIpc) is 2.32. The van der Waals surface area contributed by atoms with Crippen LogP contribution in [0, 0.1) is 18.3 Å². The summed E-state index contributed by atoms with van der Waals surface area (Å²) >= 11 is 6.36. The molecular weight excluding hydrogens is 254 g/mol. The predicted molar refractivity (Wildman–Crippen MR) is 86.0 cm³/mol. The Morgan fingerprint density at radius 1 is 1.32 bits per heavy atom. The van der Waals surface area contributed by atoms with Crippen molar-refractivity contribution in [2.45, 2.75) is 47.5 Å². The van der Waals surface area contributed by atoms with E-state index in [2.05, 4.69) is 58.1 Å². The highest BCUT2D eigenvalue weighted by molar-refractivity contribution is 6.31. The molecule has 0 aromatic heterocycles. The Morgan fingerprint density at radius 3 is 2.53 bits per heavy atom. The van der Waals surface area contributed by atoms with Crippen molar-refractivity contribution < 1.29 is 0 Å². The minimum Gasteiger partial charge on any atom is -0.316 e. The first-order valence-corrected chi connectivity index (χ1v) is 7.70. The third-order valence-corrected chi connectivity index (χ3v) is 4.14. The summed E-state index contributed by atoms with van der Waals surface area (Å²) in [6, 6.07) is 6.39. The van der Waals surface area contributed by atoms with Gasteiger partial charge in [0.1, 0.15) is 0 Å². The summed E-state index contributed by atoms with van der Waals surface area (Å²) in [7, 11) is 0. The van der Waals surface area contributed by atoms with Crippen LogP contribution in [-0.2, 0) is 6.42 Å². The number of halogens is 1. The molecule has 0 heterocycles. The summed E-state index contributed by atoms with van der Waals surface area (Å²) in [5.41, 5.74) is 2.76. The van der Waals surface area contributed by atoms with Crippen LogP contribution in [0.4, 0.5) is 0 Å². The highest BCUT2D eigenvalue weighted by atomic mass is 35.5. The van der Waals surface area contributed by atoms with Crippen LogP contribution in [0.25, 0.3) is 0 Å². The van der Waals surface area contributed by atoms with Gasteiger partial charge < -0.3 is 5.32 Å². The van der Waals surface area contributed by atoms with Gasteiger partial charge in [-0.1, -0.05) is 51.4 Å². The molecule has 0 aliphatic heterocycles. The van der Waals surface area contributed by atoms with Gasteiger partial charge in [0, 0.05) is 11.6 Å². The molecule has 0 bridgehead atoms. The molecule has 19 heavy (non-hydrogen) atoms. The van der Waals surface area contributed by atoms with Crippen molar-refractivity contribution in [3.05, 3.63) is 34.3 Å². The van der Waals surface area contributed by atoms with Gasteiger partial charge in [0.2, 0.25) is 0 Å². The van der Waals surface area contributed by atoms with Crippen molar-refractivity contribution in [1.82, 2.24) is 5.32 Å². The standard InChI is InChI=1S/C17H28ClN/c1-6-17(5,12-19-11-13(2)3)10-15-8-7-14(4)9-16(15)18/h7-9,13,19H,6,10-12H2,1-5H3. The second kappa shape index (κ2) is 7.31. The molecule has 0 saturated heterocycles. The maximum atomic E-state index is 6.36. The zero-order valence-electron chi connectivity index (χ0n) is 13.0. The molecule has 1 aromatic carbocycles. The molecule has 0 amide bonds. The highest BCUT2D eigenvalue weighted by Crippen LogP contribution is 2.29. The molecule has 0 spiro atoms. The molecule has 1 atom stereocenters. The van der Waals surface area contributed by atoms with Gasteiger partial charge in [0.15, 0.2) is 0 Å². The fourth-order valence-corrected chi connectivity index (χ4v) is 2.53. The van der Waals surface area contributed by atoms with Gasteiger partial charge in [0.25, 0.3) is 0 Å². The molecule has 0 aliphatic rings. The van der Waals surface area contributed by atoms with Crippen molar-refractivity contribution in [2.75, 3.05) is 13.1 Å². The van der Waals surface area contributed by atoms with Crippen LogP contribution < -0.4 is 5.32 Å². The van der Waals surface area contributed by atoms with Gasteiger partial charge in [-0.05, 0) is 54.8 Å². The van der Waals surface area contributed by atoms with Crippen LogP contribution in [0.5, 0.6) is 0 Å². The van der Waals surface area contributed by atoms with Gasteiger partial charge in [-0.3, -0.25) is 0 Å². The van der Waals surface area contributed by atoms with E-state index in [4.69, 9.17) is 11.6 Å². The van der Waals surface area contributed by atoms with Crippen molar-refractivity contribution >= 4 is 11.6 Å². The zero-order valence-corrected chi connectivity index (χ0v) is 13.8. The first-order valence-electron chi connectivity index (χ1n) is 7.32. The Labute approximate surface area is 123 Å². The van der Waals surface area contributed by atoms with Crippen LogP contribution in [0.15, 0.2) is 18.2 Å². The SMILES string of the molecule is CCC(C)(CNCC(C)C)Cc1ccc(C)cc1Cl. The largest absolute Gasteiger partial charge is 0.316 e. The lowest BCUT2D eigenvalue weighted by molar-refractivity contribution is 0.285. The molecule has 1 aromatic rings. The molecule has 0 radical (unpaired) electrons. The van der Waals surface area contributed by atoms with Gasteiger partial charge >= 0.3 is 0 Å². The molecule has 1 nitrogen and oxygen atoms in total. The van der Waals surface area contributed by atoms with E-state index in [1.165, 1.54) is 11.1 Å². The van der Waals surface area contributed by atoms with E-state index < -0.39 is 0 Å². The minimum atomic E-state index is 0.272. The second-order valence-electron chi connectivity index (χ2n) is 6.46. The molecule has 108 valence electrons. The Kier molecular flexibility index (Phi) is 6.35. The molecule has 1 rings (SSSR count). The lowest BCUT2D eigenvalue weighted by Gasteiger charge is -2.29. The van der Waals surface area contributed by atoms with E-state index in [1.54, 1.807) is 0 Å². The van der Waals surface area contributed by atoms with Crippen molar-refractivity contribution in [1.29, 1.82) is 0 Å². The normalized spacial score (nSPS) is 14.7. The van der Waals surface area contributed by atoms with E-state index in [0.717, 1.165) is 31.0 Å². The summed E-state index contributed by atoms with van der Waals surface area (Å²) in [6.07, 6.45) is 2.19. The maximum Gasteiger partial charge on any atom is 0.0440 e. The summed E-state index contributed by atoms with van der Waals surface area (Å²) < 4.78 is 0. The number of aryl methyl sites for hydroxylation is 1. The number of hydrogen-bond donors (Lipinski definition) is 1. The van der Waals surface area contributed by atoms with Crippen molar-refractivity contribution in [3.8, 4) is 0 Å². The Balaban J connectivity index is 2.68. The highest BCUT2D eigenvalue weighted by Gasteiger charge is 2.23. The van der Waals surface area contributed by atoms with Gasteiger partial charge in [-0.15, -0.1) is 0 Å². The Morgan fingerprint density at radius 2 is 2.00 bits per heavy atom. The summed E-state index contributed by atoms with van der Waals surface area (Å²) in [5.74, 6) is 0.698. The third kappa shape index (κ3) is 5.54. The van der Waals surface area contributed by atoms with E-state index in [0.29, 0.717) is 5.92 Å². The summed E-state index contributed by atoms with van der Waals surface area (Å²) in [6.45, 7) is 13.3. The maximum absolute atomic E-state index is 6.36. The molecule has 2 heteroatoms. The summed E-state index contributed by atoms with van der Waals surface area (Å²) in [5, 5.41) is 4.49. The van der Waals surface area contributed by atoms with Gasteiger partial charge in [0.05, 0.1) is 0 Å². The number of nitrogens with one attached hydrogen (secondary N) is 1. The average molecular weight is 282 g/mol. The topological polar surface area (TPSA) is 12.0 Å². The number of rotatable bonds is 7. The van der Waals surface area contributed by atoms with Crippen LogP contribution in [-0.4, -0.2) is 13.1 Å². The zero-order chi connectivity index (χ0) is 14.5. The van der Waals surface area contributed by atoms with Crippen LogP contribution in [0.2, 0.25) is 5.02 Å². The van der Waals surface area contributed by atoms with Gasteiger partial charge in [-0.2, -0.15) is 0 Å². The van der Waals surface area contributed by atoms with Crippen molar-refractivity contribution in [3.63, 3.8) is 0 Å². The predicted octanol–water partition coefficient (Wildman–Crippen LogP) is 4.85. The number of benzene rings is 1. The van der Waals surface area contributed by atoms with Crippen LogP contribution in [0.1, 0.15) is 45.2 Å². The third-order valence-electron chi connectivity index (χ3n) is 3.78. The fraction of sp³-hybridized carbons (Fsp3) is 0.647. The molecule has 0 fully saturated rings. The van der Waals surface area contributed by atoms with Gasteiger partial charge in [-0.25, -0.2) is 0 Å². The molecule has 1 unspecified atom stereocenters. The minimum absolute atomic E-state index is 0.272. The van der Waals surface area contributed by atoms with E-state index in [9.17, 15) is 0 Å². The quantitative estimate of drug-likeness (QED) is 0.753. The van der Waals surface area contributed by atoms with Crippen LogP contribution >= 0.6 is 11.6 Å². The smallest absolute Gasteiger partial charge is 0.0440 e. The first kappa shape index (κ1) is 16.5. The molecule has 0 saturated carbocycles. The van der Waals surface area contributed by atoms with Crippen LogP contribution in [0.3, 0.4) is 0 Å². The first-order chi connectivity index (χ1) is 8.86. The Bertz CT molecular complexity index is 400. The lowest BCUT2D eigenvalue weighted by atomic mass is 9.81. The molecular formula is C17H28ClN. The number of hydrogen-bond acceptors (Lipinski definition) is 1. The molecule has 0 aliphatic carbocycles. The summed E-state index contributed by atoms with van der Waals surface area (Å²) in [4.78, 5) is 0. The monoisotopic (exact) mass is 281 g/mol. The van der Waals surface area contributed by atoms with E-state index in [-0.39, 0.29) is 5.41 Å². The second-order valence-corrected chi connectivity index (χ2v) is 6.87. The fourth-order valence-electron chi connectivity index (χ4n) is 2.23. The Hall–Kier alpha value is -0.530. The lowest BCUT2D eigenvalue weighted by Crippen LogP contribution is -2.35. The van der Waals surface area contributed by atoms with E-state index >= 15 is 0 Å².